The van der Waals surface area contributed by atoms with Gasteiger partial charge in [0, 0.05) is 11.1 Å². The van der Waals surface area contributed by atoms with E-state index in [-0.39, 0.29) is 11.9 Å². The van der Waals surface area contributed by atoms with E-state index in [1.165, 1.54) is 0 Å². The van der Waals surface area contributed by atoms with Gasteiger partial charge >= 0.3 is 0 Å². The fourth-order valence-electron chi connectivity index (χ4n) is 3.08. The molecule has 0 bridgehead atoms. The lowest BCUT2D eigenvalue weighted by Crippen LogP contribution is -2.27. The van der Waals surface area contributed by atoms with Gasteiger partial charge in [-0.25, -0.2) is 0 Å². The van der Waals surface area contributed by atoms with Crippen LogP contribution in [-0.4, -0.2) is 11.8 Å². The number of hydrogen-bond acceptors (Lipinski definition) is 3. The van der Waals surface area contributed by atoms with E-state index in [2.05, 4.69) is 23.5 Å². The zero-order valence-electron chi connectivity index (χ0n) is 16.7. The van der Waals surface area contributed by atoms with Crippen LogP contribution in [0.25, 0.3) is 0 Å². The van der Waals surface area contributed by atoms with E-state index in [1.807, 2.05) is 20.8 Å². The van der Waals surface area contributed by atoms with Crippen molar-refractivity contribution in [2.75, 3.05) is 0 Å². The van der Waals surface area contributed by atoms with E-state index in [0.29, 0.717) is 22.6 Å². The largest absolute Gasteiger partial charge is 0.457 e. The number of rotatable bonds is 6. The Labute approximate surface area is 170 Å². The minimum atomic E-state index is -0.484. The molecule has 5 nitrogen and oxygen atoms in total. The number of aryl methyl sites for hydroxylation is 2. The van der Waals surface area contributed by atoms with Crippen LogP contribution in [-0.2, 0) is 0 Å². The maximum absolute atomic E-state index is 12.6. The van der Waals surface area contributed by atoms with E-state index in [9.17, 15) is 9.59 Å². The number of ether oxygens (including phenoxy) is 1. The molecule has 0 aliphatic heterocycles. The Bertz CT molecular complexity index is 1020. The average Bonchev–Trinajstić information content (AvgIpc) is 2.70. The number of carbonyl (C=O) groups is 2. The number of benzene rings is 3. The van der Waals surface area contributed by atoms with E-state index >= 15 is 0 Å². The number of hydrogen-bond donors (Lipinski definition) is 2. The molecule has 0 fully saturated rings. The van der Waals surface area contributed by atoms with Crippen LogP contribution >= 0.6 is 0 Å². The summed E-state index contributed by atoms with van der Waals surface area (Å²) in [5.41, 5.74) is 9.62. The molecule has 3 rings (SSSR count). The van der Waals surface area contributed by atoms with Crippen LogP contribution < -0.4 is 15.8 Å². The van der Waals surface area contributed by atoms with Crippen LogP contribution in [0.4, 0.5) is 0 Å². The highest BCUT2D eigenvalue weighted by Gasteiger charge is 2.13. The van der Waals surface area contributed by atoms with Crippen molar-refractivity contribution in [1.82, 2.24) is 5.32 Å². The van der Waals surface area contributed by atoms with Crippen molar-refractivity contribution in [3.8, 4) is 11.5 Å². The third-order valence-electron chi connectivity index (χ3n) is 4.74. The predicted molar refractivity (Wildman–Crippen MR) is 113 cm³/mol. The van der Waals surface area contributed by atoms with Crippen molar-refractivity contribution in [1.29, 1.82) is 0 Å². The fourth-order valence-corrected chi connectivity index (χ4v) is 3.08. The van der Waals surface area contributed by atoms with Crippen molar-refractivity contribution >= 4 is 11.8 Å². The molecule has 29 heavy (non-hydrogen) atoms. The monoisotopic (exact) mass is 388 g/mol. The lowest BCUT2D eigenvalue weighted by atomic mass is 10.00. The second kappa shape index (κ2) is 8.61. The summed E-state index contributed by atoms with van der Waals surface area (Å²) in [5, 5.41) is 3.04. The Balaban J connectivity index is 1.65. The Morgan fingerprint density at radius 1 is 0.862 bits per heavy atom. The van der Waals surface area contributed by atoms with Crippen LogP contribution in [0, 0.1) is 13.8 Å². The zero-order chi connectivity index (χ0) is 21.0. The second-order valence-corrected chi connectivity index (χ2v) is 7.07. The predicted octanol–water partition coefficient (Wildman–Crippen LogP) is 4.69. The van der Waals surface area contributed by atoms with Crippen molar-refractivity contribution in [2.24, 2.45) is 5.73 Å². The molecule has 2 amide bonds. The fraction of sp³-hybridized carbons (Fsp3) is 0.167. The van der Waals surface area contributed by atoms with Crippen LogP contribution in [0.5, 0.6) is 11.5 Å². The molecule has 3 aromatic carbocycles. The van der Waals surface area contributed by atoms with E-state index in [4.69, 9.17) is 10.5 Å². The first-order valence-electron chi connectivity index (χ1n) is 9.39. The molecule has 0 aliphatic carbocycles. The minimum Gasteiger partial charge on any atom is -0.457 e. The van der Waals surface area contributed by atoms with Crippen LogP contribution in [0.2, 0.25) is 0 Å². The summed E-state index contributed by atoms with van der Waals surface area (Å²) in [6.07, 6.45) is 0. The molecule has 1 atom stereocenters. The van der Waals surface area contributed by atoms with Crippen molar-refractivity contribution in [2.45, 2.75) is 26.8 Å². The highest BCUT2D eigenvalue weighted by molar-refractivity contribution is 5.94. The van der Waals surface area contributed by atoms with Crippen LogP contribution in [0.1, 0.15) is 50.4 Å². The molecule has 0 radical (unpaired) electrons. The molecular formula is C24H24N2O3. The number of amides is 2. The van der Waals surface area contributed by atoms with Crippen molar-refractivity contribution in [3.05, 3.63) is 94.5 Å². The molecule has 0 saturated carbocycles. The maximum atomic E-state index is 12.6. The molecular weight excluding hydrogens is 364 g/mol. The molecule has 0 heterocycles. The Hall–Kier alpha value is -3.60. The zero-order valence-corrected chi connectivity index (χ0v) is 16.7. The third kappa shape index (κ3) is 5.02. The molecule has 0 spiro atoms. The highest BCUT2D eigenvalue weighted by atomic mass is 16.5. The van der Waals surface area contributed by atoms with Gasteiger partial charge in [-0.1, -0.05) is 23.8 Å². The first kappa shape index (κ1) is 20.1. The number of carbonyl (C=O) groups excluding carboxylic acids is 2. The van der Waals surface area contributed by atoms with Gasteiger partial charge in [0.05, 0.1) is 6.04 Å². The lowest BCUT2D eigenvalue weighted by Gasteiger charge is -2.17. The molecule has 3 aromatic rings. The minimum absolute atomic E-state index is 0.0953. The highest BCUT2D eigenvalue weighted by Crippen LogP contribution is 2.23. The van der Waals surface area contributed by atoms with Crippen LogP contribution in [0.15, 0.2) is 66.7 Å². The van der Waals surface area contributed by atoms with Gasteiger partial charge in [-0.15, -0.1) is 0 Å². The number of nitrogens with two attached hydrogens (primary N) is 1. The second-order valence-electron chi connectivity index (χ2n) is 7.07. The van der Waals surface area contributed by atoms with Crippen LogP contribution in [0.3, 0.4) is 0 Å². The molecule has 5 heteroatoms. The molecule has 1 unspecified atom stereocenters. The number of nitrogens with one attached hydrogen (secondary N) is 1. The maximum Gasteiger partial charge on any atom is 0.251 e. The Kier molecular flexibility index (Phi) is 5.98. The summed E-state index contributed by atoms with van der Waals surface area (Å²) in [4.78, 5) is 23.7. The van der Waals surface area contributed by atoms with Gasteiger partial charge in [-0.2, -0.15) is 0 Å². The Morgan fingerprint density at radius 2 is 1.41 bits per heavy atom. The topological polar surface area (TPSA) is 81.4 Å². The number of primary amides is 1. The summed E-state index contributed by atoms with van der Waals surface area (Å²) in [5.74, 6) is 0.546. The quantitative estimate of drug-likeness (QED) is 0.643. The molecule has 0 aliphatic rings. The Morgan fingerprint density at radius 3 is 1.97 bits per heavy atom. The van der Waals surface area contributed by atoms with Gasteiger partial charge in [0.25, 0.3) is 5.91 Å². The smallest absolute Gasteiger partial charge is 0.251 e. The van der Waals surface area contributed by atoms with Crippen molar-refractivity contribution in [3.63, 3.8) is 0 Å². The van der Waals surface area contributed by atoms with Gasteiger partial charge in [0.1, 0.15) is 11.5 Å². The van der Waals surface area contributed by atoms with Crippen molar-refractivity contribution < 1.29 is 14.3 Å². The van der Waals surface area contributed by atoms with Gasteiger partial charge in [0.2, 0.25) is 5.91 Å². The van der Waals surface area contributed by atoms with E-state index in [1.54, 1.807) is 48.5 Å². The van der Waals surface area contributed by atoms with Gasteiger partial charge in [-0.05, 0) is 80.4 Å². The van der Waals surface area contributed by atoms with Gasteiger partial charge in [-0.3, -0.25) is 9.59 Å². The first-order chi connectivity index (χ1) is 13.8. The molecule has 3 N–H and O–H groups in total. The summed E-state index contributed by atoms with van der Waals surface area (Å²) in [6.45, 7) is 6.06. The summed E-state index contributed by atoms with van der Waals surface area (Å²) in [6, 6.07) is 19.6. The molecule has 0 saturated heterocycles. The first-order valence-corrected chi connectivity index (χ1v) is 9.39. The lowest BCUT2D eigenvalue weighted by molar-refractivity contribution is 0.0938. The third-order valence-corrected chi connectivity index (χ3v) is 4.74. The molecule has 148 valence electrons. The average molecular weight is 388 g/mol. The van der Waals surface area contributed by atoms with E-state index in [0.717, 1.165) is 16.7 Å². The summed E-state index contributed by atoms with van der Waals surface area (Å²) >= 11 is 0. The summed E-state index contributed by atoms with van der Waals surface area (Å²) < 4.78 is 5.74. The van der Waals surface area contributed by atoms with Gasteiger partial charge < -0.3 is 15.8 Å². The molecule has 0 aromatic heterocycles. The summed E-state index contributed by atoms with van der Waals surface area (Å²) in [7, 11) is 0. The van der Waals surface area contributed by atoms with Gasteiger partial charge in [0.15, 0.2) is 0 Å². The normalized spacial score (nSPS) is 11.6. The SMILES string of the molecule is Cc1ccc(C)c(C(C)NC(=O)c2ccc(Oc3ccc(C(N)=O)cc3)cc2)c1. The standard InChI is InChI=1S/C24H24N2O3/c1-15-4-5-16(2)22(14-15)17(3)26-24(28)19-8-12-21(13-9-19)29-20-10-6-18(7-11-20)23(25)27/h4-14,17H,1-3H3,(H2,25,27)(H,26,28). The van der Waals surface area contributed by atoms with E-state index < -0.39 is 5.91 Å².